The van der Waals surface area contributed by atoms with Crippen LogP contribution in [0.15, 0.2) is 24.3 Å². The van der Waals surface area contributed by atoms with E-state index in [0.717, 1.165) is 9.13 Å². The first kappa shape index (κ1) is 33.9. The monoisotopic (exact) mass is 745 g/mol. The summed E-state index contributed by atoms with van der Waals surface area (Å²) in [6, 6.07) is 4.14. The zero-order valence-electron chi connectivity index (χ0n) is 25.6. The number of nitrogens with zero attached hydrogens (tertiary/aromatic N) is 1. The number of ether oxygens (including phenoxy) is 4. The number of fused-ring (bicyclic) bond motifs is 4. The van der Waals surface area contributed by atoms with Gasteiger partial charge in [-0.05, 0) is 74.4 Å². The molecule has 4 fully saturated rings. The van der Waals surface area contributed by atoms with Gasteiger partial charge in [0.1, 0.15) is 48.3 Å². The Morgan fingerprint density at radius 3 is 2.49 bits per heavy atom. The molecule has 0 aromatic heterocycles. The van der Waals surface area contributed by atoms with Gasteiger partial charge in [-0.3, -0.25) is 24.0 Å². The van der Waals surface area contributed by atoms with Crippen LogP contribution in [-0.4, -0.2) is 107 Å². The first-order chi connectivity index (χ1) is 21.2. The fraction of sp³-hybridized carbons (Fsp3) is 0.667. The van der Waals surface area contributed by atoms with Crippen LogP contribution < -0.4 is 10.6 Å². The van der Waals surface area contributed by atoms with E-state index in [2.05, 4.69) is 33.2 Å². The smallest absolute Gasteiger partial charge is 0.327 e. The molecule has 2 bridgehead atoms. The van der Waals surface area contributed by atoms with Crippen molar-refractivity contribution >= 4 is 46.3 Å². The molecule has 1 aliphatic carbocycles. The SMILES string of the molecule is CC(O)C(NC(=O)C12CC3OC(=O)C1N(Cc1ccc(I)cc1)OC2C1OCOC31)C(=O)NC(CO)CCC(=O)OC(C)(C)C. The van der Waals surface area contributed by atoms with Crippen LogP contribution >= 0.6 is 22.6 Å². The standard InChI is InChI=1S/C30H40IN3O11/c1-15(36)21(26(38)32-18(13-35)9-10-20(37)44-29(2,3)4)33-28(40)30-11-19-22-23(42-14-41-22)25(30)45-34(24(30)27(39)43-19)12-16-5-7-17(31)8-6-16/h5-8,15,18-19,21-25,35-36H,9-14H2,1-4H3,(H,32,38)(H,33,40). The zero-order valence-corrected chi connectivity index (χ0v) is 27.7. The molecular weight excluding hydrogens is 705 g/mol. The van der Waals surface area contributed by atoms with Crippen molar-refractivity contribution in [3.63, 3.8) is 0 Å². The van der Waals surface area contributed by atoms with E-state index < -0.39 is 90.0 Å². The summed E-state index contributed by atoms with van der Waals surface area (Å²) in [5.41, 5.74) is -1.38. The Kier molecular flexibility index (Phi) is 10.1. The van der Waals surface area contributed by atoms with Gasteiger partial charge in [0.15, 0.2) is 6.04 Å². The Bertz CT molecular complexity index is 1290. The molecule has 3 aliphatic heterocycles. The summed E-state index contributed by atoms with van der Waals surface area (Å²) in [5.74, 6) is -2.61. The van der Waals surface area contributed by atoms with Crippen molar-refractivity contribution in [3.05, 3.63) is 33.4 Å². The predicted octanol–water partition coefficient (Wildman–Crippen LogP) is 0.297. The summed E-state index contributed by atoms with van der Waals surface area (Å²) in [4.78, 5) is 59.8. The molecular formula is C30H40IN3O11. The number of amides is 2. The van der Waals surface area contributed by atoms with Gasteiger partial charge < -0.3 is 39.8 Å². The Morgan fingerprint density at radius 1 is 1.16 bits per heavy atom. The number of hydrogen-bond acceptors (Lipinski definition) is 12. The van der Waals surface area contributed by atoms with Crippen molar-refractivity contribution in [2.24, 2.45) is 5.41 Å². The van der Waals surface area contributed by atoms with Gasteiger partial charge in [0.2, 0.25) is 11.8 Å². The minimum absolute atomic E-state index is 0.0525. The van der Waals surface area contributed by atoms with Crippen molar-refractivity contribution in [2.75, 3.05) is 13.4 Å². The van der Waals surface area contributed by atoms with Gasteiger partial charge in [-0.25, -0.2) is 0 Å². The van der Waals surface area contributed by atoms with Crippen LogP contribution in [0.1, 0.15) is 52.5 Å². The Morgan fingerprint density at radius 2 is 1.84 bits per heavy atom. The second-order valence-corrected chi connectivity index (χ2v) is 14.2. The number of rotatable bonds is 11. The van der Waals surface area contributed by atoms with E-state index in [1.54, 1.807) is 20.8 Å². The summed E-state index contributed by atoms with van der Waals surface area (Å²) in [6.07, 6.45) is -4.38. The number of nitrogens with one attached hydrogen (secondary N) is 2. The molecule has 15 heteroatoms. The molecule has 14 nitrogen and oxygen atoms in total. The maximum Gasteiger partial charge on any atom is 0.327 e. The number of esters is 2. The molecule has 0 spiro atoms. The normalized spacial score (nSPS) is 30.9. The molecule has 4 aliphatic rings. The number of carbonyl (C=O) groups excluding carboxylic acids is 4. The minimum atomic E-state index is -1.53. The lowest BCUT2D eigenvalue weighted by Crippen LogP contribution is -2.71. The van der Waals surface area contributed by atoms with E-state index in [-0.39, 0.29) is 32.6 Å². The fourth-order valence-electron chi connectivity index (χ4n) is 6.47. The van der Waals surface area contributed by atoms with Gasteiger partial charge in [0, 0.05) is 16.4 Å². The molecule has 3 saturated heterocycles. The largest absolute Gasteiger partial charge is 0.460 e. The maximum atomic E-state index is 14.4. The molecule has 4 N–H and O–H groups in total. The average molecular weight is 746 g/mol. The van der Waals surface area contributed by atoms with E-state index in [0.29, 0.717) is 0 Å². The summed E-state index contributed by atoms with van der Waals surface area (Å²) in [5, 5.41) is 27.2. The number of aliphatic hydroxyl groups excluding tert-OH is 2. The number of halogens is 1. The third-order valence-corrected chi connectivity index (χ3v) is 9.20. The molecule has 45 heavy (non-hydrogen) atoms. The van der Waals surface area contributed by atoms with Crippen LogP contribution in [-0.2, 0) is 49.5 Å². The van der Waals surface area contributed by atoms with Crippen molar-refractivity contribution in [2.45, 2.75) is 108 Å². The van der Waals surface area contributed by atoms with Crippen LogP contribution in [0, 0.1) is 8.99 Å². The number of hydroxylamine groups is 2. The number of benzene rings is 1. The molecule has 3 heterocycles. The number of carbonyl (C=O) groups is 4. The van der Waals surface area contributed by atoms with Crippen LogP contribution in [0.4, 0.5) is 0 Å². The summed E-state index contributed by atoms with van der Waals surface area (Å²) in [7, 11) is 0. The molecule has 1 aromatic carbocycles. The lowest BCUT2D eigenvalue weighted by Gasteiger charge is -2.49. The third-order valence-electron chi connectivity index (χ3n) is 8.48. The van der Waals surface area contributed by atoms with Crippen molar-refractivity contribution in [1.82, 2.24) is 15.7 Å². The minimum Gasteiger partial charge on any atom is -0.460 e. The van der Waals surface area contributed by atoms with Gasteiger partial charge >= 0.3 is 11.9 Å². The predicted molar refractivity (Wildman–Crippen MR) is 163 cm³/mol. The van der Waals surface area contributed by atoms with Gasteiger partial charge in [-0.15, -0.1) is 0 Å². The molecule has 5 rings (SSSR count). The van der Waals surface area contributed by atoms with Gasteiger partial charge in [0.05, 0.1) is 25.3 Å². The Balaban J connectivity index is 1.36. The van der Waals surface area contributed by atoms with E-state index in [1.165, 1.54) is 12.0 Å². The molecule has 1 aromatic rings. The third kappa shape index (κ3) is 6.99. The second-order valence-electron chi connectivity index (χ2n) is 12.9. The molecule has 0 radical (unpaired) electrons. The highest BCUT2D eigenvalue weighted by Crippen LogP contribution is 2.55. The molecule has 9 unspecified atom stereocenters. The van der Waals surface area contributed by atoms with Crippen molar-refractivity contribution in [3.8, 4) is 0 Å². The summed E-state index contributed by atoms with van der Waals surface area (Å²) < 4.78 is 23.7. The summed E-state index contributed by atoms with van der Waals surface area (Å²) in [6.45, 7) is 6.16. The zero-order chi connectivity index (χ0) is 32.7. The average Bonchev–Trinajstić information content (AvgIpc) is 3.58. The van der Waals surface area contributed by atoms with Crippen molar-refractivity contribution < 1.29 is 53.2 Å². The number of hydrogen-bond donors (Lipinski definition) is 4. The van der Waals surface area contributed by atoms with E-state index in [4.69, 9.17) is 23.8 Å². The van der Waals surface area contributed by atoms with Gasteiger partial charge in [-0.1, -0.05) is 12.1 Å². The molecule has 9 atom stereocenters. The lowest BCUT2D eigenvalue weighted by molar-refractivity contribution is -0.201. The maximum absolute atomic E-state index is 14.4. The van der Waals surface area contributed by atoms with Crippen LogP contribution in [0.3, 0.4) is 0 Å². The molecule has 1 saturated carbocycles. The molecule has 2 amide bonds. The molecule has 248 valence electrons. The highest BCUT2D eigenvalue weighted by molar-refractivity contribution is 14.1. The van der Waals surface area contributed by atoms with Gasteiger partial charge in [0.25, 0.3) is 0 Å². The van der Waals surface area contributed by atoms with Crippen molar-refractivity contribution in [1.29, 1.82) is 0 Å². The Hall–Kier alpha value is -2.41. The van der Waals surface area contributed by atoms with Crippen LogP contribution in [0.5, 0.6) is 0 Å². The van der Waals surface area contributed by atoms with Crippen LogP contribution in [0.25, 0.3) is 0 Å². The highest BCUT2D eigenvalue weighted by Gasteiger charge is 2.74. The second kappa shape index (κ2) is 13.4. The van der Waals surface area contributed by atoms with E-state index in [1.807, 2.05) is 24.3 Å². The number of aliphatic hydroxyl groups is 2. The quantitative estimate of drug-likeness (QED) is 0.180. The lowest BCUT2D eigenvalue weighted by atomic mass is 9.62. The first-order valence-electron chi connectivity index (χ1n) is 15.0. The van der Waals surface area contributed by atoms with Crippen LogP contribution in [0.2, 0.25) is 0 Å². The van der Waals surface area contributed by atoms with E-state index in [9.17, 15) is 29.4 Å². The highest BCUT2D eigenvalue weighted by atomic mass is 127. The fourth-order valence-corrected chi connectivity index (χ4v) is 6.83. The first-order valence-corrected chi connectivity index (χ1v) is 16.0. The van der Waals surface area contributed by atoms with Gasteiger partial charge in [-0.2, -0.15) is 5.06 Å². The Labute approximate surface area is 274 Å². The topological polar surface area (TPSA) is 182 Å². The summed E-state index contributed by atoms with van der Waals surface area (Å²) >= 11 is 2.19. The van der Waals surface area contributed by atoms with E-state index >= 15 is 0 Å².